The van der Waals surface area contributed by atoms with E-state index in [0.29, 0.717) is 6.54 Å². The molecule has 0 radical (unpaired) electrons. The van der Waals surface area contributed by atoms with Crippen molar-refractivity contribution in [1.29, 1.82) is 0 Å². The van der Waals surface area contributed by atoms with Gasteiger partial charge in [0.2, 0.25) is 10.0 Å². The average Bonchev–Trinajstić information content (AvgIpc) is 2.27. The highest BCUT2D eigenvalue weighted by Gasteiger charge is 2.21. The van der Waals surface area contributed by atoms with Gasteiger partial charge in [0.15, 0.2) is 0 Å². The fourth-order valence-corrected chi connectivity index (χ4v) is 2.35. The maximum absolute atomic E-state index is 12.9. The maximum atomic E-state index is 12.9. The summed E-state index contributed by atoms with van der Waals surface area (Å²) in [6.07, 6.45) is 0. The summed E-state index contributed by atoms with van der Waals surface area (Å²) in [5.74, 6) is -0.578. The minimum Gasteiger partial charge on any atom is -0.330 e. The molecule has 1 aromatic carbocycles. The summed E-state index contributed by atoms with van der Waals surface area (Å²) in [6.45, 7) is 4.27. The lowest BCUT2D eigenvalue weighted by molar-refractivity contribution is 0.376. The monoisotopic (exact) mass is 260 g/mol. The summed E-state index contributed by atoms with van der Waals surface area (Å²) < 4.78 is 39.0. The Balaban J connectivity index is 2.83. The van der Waals surface area contributed by atoms with Gasteiger partial charge in [0, 0.05) is 6.54 Å². The quantitative estimate of drug-likeness (QED) is 0.832. The fraction of sp³-hybridized carbons (Fsp3) is 0.455. The molecule has 0 unspecified atom stereocenters. The minimum atomic E-state index is -3.67. The van der Waals surface area contributed by atoms with Gasteiger partial charge in [-0.1, -0.05) is 19.9 Å². The number of rotatable bonds is 5. The standard InChI is InChI=1S/C11H17FN2O2S/c1-11(2,7-13)8-14-17(15,16)10-5-3-4-9(12)6-10/h3-6,14H,7-8,13H2,1-2H3. The number of benzene rings is 1. The molecule has 0 saturated carbocycles. The molecule has 4 nitrogen and oxygen atoms in total. The number of hydrogen-bond donors (Lipinski definition) is 2. The second-order valence-electron chi connectivity index (χ2n) is 4.65. The maximum Gasteiger partial charge on any atom is 0.240 e. The zero-order valence-corrected chi connectivity index (χ0v) is 10.7. The number of sulfonamides is 1. The van der Waals surface area contributed by atoms with Crippen molar-refractivity contribution in [3.8, 4) is 0 Å². The van der Waals surface area contributed by atoms with Gasteiger partial charge in [-0.15, -0.1) is 0 Å². The van der Waals surface area contributed by atoms with Gasteiger partial charge in [-0.05, 0) is 30.2 Å². The molecule has 0 aliphatic heterocycles. The lowest BCUT2D eigenvalue weighted by Crippen LogP contribution is -2.38. The molecular weight excluding hydrogens is 243 g/mol. The topological polar surface area (TPSA) is 72.2 Å². The van der Waals surface area contributed by atoms with E-state index in [9.17, 15) is 12.8 Å². The highest BCUT2D eigenvalue weighted by atomic mass is 32.2. The van der Waals surface area contributed by atoms with Crippen LogP contribution in [0.4, 0.5) is 4.39 Å². The van der Waals surface area contributed by atoms with Gasteiger partial charge in [0.05, 0.1) is 4.90 Å². The lowest BCUT2D eigenvalue weighted by atomic mass is 9.95. The first-order valence-corrected chi connectivity index (χ1v) is 6.70. The minimum absolute atomic E-state index is 0.0784. The average molecular weight is 260 g/mol. The Bertz CT molecular complexity index is 486. The zero-order valence-electron chi connectivity index (χ0n) is 9.90. The molecule has 0 amide bonds. The molecule has 0 aromatic heterocycles. The van der Waals surface area contributed by atoms with Gasteiger partial charge in [0.1, 0.15) is 5.82 Å². The van der Waals surface area contributed by atoms with Crippen LogP contribution >= 0.6 is 0 Å². The van der Waals surface area contributed by atoms with Crippen molar-refractivity contribution in [2.24, 2.45) is 11.1 Å². The molecule has 1 rings (SSSR count). The molecule has 96 valence electrons. The first-order valence-electron chi connectivity index (χ1n) is 5.22. The van der Waals surface area contributed by atoms with Crippen molar-refractivity contribution in [3.05, 3.63) is 30.1 Å². The second-order valence-corrected chi connectivity index (χ2v) is 6.42. The predicted molar refractivity (Wildman–Crippen MR) is 64.4 cm³/mol. The van der Waals surface area contributed by atoms with Crippen LogP contribution in [0.25, 0.3) is 0 Å². The fourth-order valence-electron chi connectivity index (χ4n) is 1.08. The van der Waals surface area contributed by atoms with Crippen LogP contribution in [0.3, 0.4) is 0 Å². The molecule has 0 spiro atoms. The predicted octanol–water partition coefficient (Wildman–Crippen LogP) is 1.09. The summed E-state index contributed by atoms with van der Waals surface area (Å²) in [5, 5.41) is 0. The third-order valence-electron chi connectivity index (χ3n) is 2.40. The lowest BCUT2D eigenvalue weighted by Gasteiger charge is -2.22. The van der Waals surface area contributed by atoms with Crippen molar-refractivity contribution >= 4 is 10.0 Å². The second kappa shape index (κ2) is 5.12. The Morgan fingerprint density at radius 1 is 1.41 bits per heavy atom. The van der Waals surface area contributed by atoms with Gasteiger partial charge >= 0.3 is 0 Å². The number of nitrogens with one attached hydrogen (secondary N) is 1. The van der Waals surface area contributed by atoms with Crippen molar-refractivity contribution in [3.63, 3.8) is 0 Å². The molecule has 17 heavy (non-hydrogen) atoms. The molecule has 1 aromatic rings. The summed E-state index contributed by atoms with van der Waals surface area (Å²) in [6, 6.07) is 4.89. The summed E-state index contributed by atoms with van der Waals surface area (Å²) >= 11 is 0. The normalized spacial score (nSPS) is 12.7. The highest BCUT2D eigenvalue weighted by molar-refractivity contribution is 7.89. The summed E-state index contributed by atoms with van der Waals surface area (Å²) in [4.78, 5) is -0.0784. The van der Waals surface area contributed by atoms with Crippen molar-refractivity contribution in [1.82, 2.24) is 4.72 Å². The molecule has 0 aliphatic carbocycles. The van der Waals surface area contributed by atoms with Crippen LogP contribution in [0.2, 0.25) is 0 Å². The zero-order chi connectivity index (χ0) is 13.1. The summed E-state index contributed by atoms with van der Waals surface area (Å²) in [5.41, 5.74) is 5.17. The van der Waals surface area contributed by atoms with E-state index in [1.165, 1.54) is 18.2 Å². The van der Waals surface area contributed by atoms with E-state index in [1.54, 1.807) is 0 Å². The van der Waals surface area contributed by atoms with Crippen LogP contribution in [0.15, 0.2) is 29.2 Å². The molecule has 0 aliphatic rings. The van der Waals surface area contributed by atoms with Crippen LogP contribution in [0.1, 0.15) is 13.8 Å². The molecular formula is C11H17FN2O2S. The number of hydrogen-bond acceptors (Lipinski definition) is 3. The van der Waals surface area contributed by atoms with Gasteiger partial charge in [-0.25, -0.2) is 17.5 Å². The number of nitrogens with two attached hydrogens (primary N) is 1. The van der Waals surface area contributed by atoms with Crippen LogP contribution < -0.4 is 10.5 Å². The van der Waals surface area contributed by atoms with Crippen LogP contribution in [-0.2, 0) is 10.0 Å². The van der Waals surface area contributed by atoms with E-state index >= 15 is 0 Å². The van der Waals surface area contributed by atoms with E-state index in [1.807, 2.05) is 13.8 Å². The molecule has 0 fully saturated rings. The molecule has 0 atom stereocenters. The summed E-state index contributed by atoms with van der Waals surface area (Å²) in [7, 11) is -3.67. The van der Waals surface area contributed by atoms with E-state index in [4.69, 9.17) is 5.73 Å². The third-order valence-corrected chi connectivity index (χ3v) is 3.80. The molecule has 0 saturated heterocycles. The largest absolute Gasteiger partial charge is 0.330 e. The first-order chi connectivity index (χ1) is 7.77. The molecule has 6 heteroatoms. The first kappa shape index (κ1) is 14.1. The van der Waals surface area contributed by atoms with E-state index in [-0.39, 0.29) is 16.9 Å². The molecule has 0 bridgehead atoms. The van der Waals surface area contributed by atoms with Crippen molar-refractivity contribution in [2.45, 2.75) is 18.7 Å². The van der Waals surface area contributed by atoms with Crippen molar-refractivity contribution in [2.75, 3.05) is 13.1 Å². The van der Waals surface area contributed by atoms with Gasteiger partial charge in [0.25, 0.3) is 0 Å². The van der Waals surface area contributed by atoms with Crippen LogP contribution in [-0.4, -0.2) is 21.5 Å². The van der Waals surface area contributed by atoms with Crippen LogP contribution in [0.5, 0.6) is 0 Å². The Hall–Kier alpha value is -0.980. The van der Waals surface area contributed by atoms with E-state index < -0.39 is 15.8 Å². The Morgan fingerprint density at radius 2 is 2.06 bits per heavy atom. The highest BCUT2D eigenvalue weighted by Crippen LogP contribution is 2.14. The van der Waals surface area contributed by atoms with Crippen LogP contribution in [0, 0.1) is 11.2 Å². The Labute approximate surface area is 101 Å². The van der Waals surface area contributed by atoms with Gasteiger partial charge in [-0.2, -0.15) is 0 Å². The van der Waals surface area contributed by atoms with Crippen molar-refractivity contribution < 1.29 is 12.8 Å². The van der Waals surface area contributed by atoms with E-state index in [2.05, 4.69) is 4.72 Å². The Kier molecular flexibility index (Phi) is 4.24. The third kappa shape index (κ3) is 4.07. The SMILES string of the molecule is CC(C)(CN)CNS(=O)(=O)c1cccc(F)c1. The Morgan fingerprint density at radius 3 is 2.59 bits per heavy atom. The van der Waals surface area contributed by atoms with E-state index in [0.717, 1.165) is 6.07 Å². The van der Waals surface area contributed by atoms with Gasteiger partial charge in [-0.3, -0.25) is 0 Å². The molecule has 0 heterocycles. The smallest absolute Gasteiger partial charge is 0.240 e. The van der Waals surface area contributed by atoms with Gasteiger partial charge < -0.3 is 5.73 Å². The number of halogens is 1. The molecule has 3 N–H and O–H groups in total.